The van der Waals surface area contributed by atoms with E-state index in [-0.39, 0.29) is 5.91 Å². The number of carbonyl (C=O) groups excluding carboxylic acids is 1. The van der Waals surface area contributed by atoms with E-state index in [1.165, 1.54) is 0 Å². The van der Waals surface area contributed by atoms with Gasteiger partial charge in [0.1, 0.15) is 0 Å². The maximum absolute atomic E-state index is 10.4. The monoisotopic (exact) mass is 168 g/mol. The Labute approximate surface area is 70.4 Å². The van der Waals surface area contributed by atoms with Gasteiger partial charge in [0.25, 0.3) is 0 Å². The molecule has 0 bridgehead atoms. The molecular formula is C7H12N4O. The van der Waals surface area contributed by atoms with Crippen LogP contribution in [0.2, 0.25) is 0 Å². The highest BCUT2D eigenvalue weighted by Crippen LogP contribution is 1.95. The van der Waals surface area contributed by atoms with Gasteiger partial charge in [-0.3, -0.25) is 4.79 Å². The van der Waals surface area contributed by atoms with Gasteiger partial charge in [0.15, 0.2) is 0 Å². The number of amides is 1. The number of hydrogen-bond acceptors (Lipinski definition) is 3. The summed E-state index contributed by atoms with van der Waals surface area (Å²) < 4.78 is 1.80. The molecule has 12 heavy (non-hydrogen) atoms. The summed E-state index contributed by atoms with van der Waals surface area (Å²) in [5, 5.41) is 0. The van der Waals surface area contributed by atoms with Crippen molar-refractivity contribution in [2.75, 3.05) is 0 Å². The van der Waals surface area contributed by atoms with Crippen molar-refractivity contribution in [1.29, 1.82) is 0 Å². The molecule has 1 aromatic rings. The van der Waals surface area contributed by atoms with Crippen molar-refractivity contribution in [2.45, 2.75) is 19.5 Å². The fraction of sp³-hybridized carbons (Fsp3) is 0.429. The Morgan fingerprint density at radius 3 is 2.92 bits per heavy atom. The number of primary amides is 1. The van der Waals surface area contributed by atoms with Crippen molar-refractivity contribution >= 4 is 5.91 Å². The zero-order valence-electron chi connectivity index (χ0n) is 6.73. The molecule has 0 saturated heterocycles. The molecule has 0 spiro atoms. The van der Waals surface area contributed by atoms with Crippen molar-refractivity contribution in [1.82, 2.24) is 9.55 Å². The molecule has 1 heterocycles. The second-order valence-electron chi connectivity index (χ2n) is 2.52. The lowest BCUT2D eigenvalue weighted by Crippen LogP contribution is -2.13. The number of carbonyl (C=O) groups is 1. The molecule has 66 valence electrons. The van der Waals surface area contributed by atoms with Crippen LogP contribution in [0.15, 0.2) is 12.5 Å². The largest absolute Gasteiger partial charge is 0.370 e. The average Bonchev–Trinajstić information content (AvgIpc) is 2.48. The van der Waals surface area contributed by atoms with Crippen LogP contribution < -0.4 is 11.5 Å². The molecular weight excluding hydrogens is 156 g/mol. The number of rotatable bonds is 4. The van der Waals surface area contributed by atoms with Crippen LogP contribution in [-0.2, 0) is 17.9 Å². The van der Waals surface area contributed by atoms with Crippen LogP contribution in [0.5, 0.6) is 0 Å². The summed E-state index contributed by atoms with van der Waals surface area (Å²) in [6.45, 7) is 0.992. The van der Waals surface area contributed by atoms with Gasteiger partial charge in [0.2, 0.25) is 5.91 Å². The normalized spacial score (nSPS) is 10.1. The third-order valence-corrected chi connectivity index (χ3v) is 1.51. The minimum absolute atomic E-state index is 0.307. The summed E-state index contributed by atoms with van der Waals surface area (Å²) in [6.07, 6.45) is 3.79. The van der Waals surface area contributed by atoms with E-state index < -0.39 is 0 Å². The van der Waals surface area contributed by atoms with Gasteiger partial charge in [-0.1, -0.05) is 0 Å². The van der Waals surface area contributed by atoms with E-state index in [0.29, 0.717) is 19.5 Å². The van der Waals surface area contributed by atoms with E-state index in [2.05, 4.69) is 4.98 Å². The highest BCUT2D eigenvalue weighted by molar-refractivity contribution is 5.73. The molecule has 5 nitrogen and oxygen atoms in total. The van der Waals surface area contributed by atoms with Crippen molar-refractivity contribution in [2.24, 2.45) is 11.5 Å². The summed E-state index contributed by atoms with van der Waals surface area (Å²) in [7, 11) is 0. The van der Waals surface area contributed by atoms with E-state index in [1.807, 2.05) is 6.20 Å². The van der Waals surface area contributed by atoms with Gasteiger partial charge in [-0.05, 0) is 0 Å². The number of nitrogens with two attached hydrogens (primary N) is 2. The van der Waals surface area contributed by atoms with Crippen LogP contribution in [0.3, 0.4) is 0 Å². The zero-order valence-corrected chi connectivity index (χ0v) is 6.73. The molecule has 0 saturated carbocycles. The van der Waals surface area contributed by atoms with Gasteiger partial charge < -0.3 is 16.0 Å². The van der Waals surface area contributed by atoms with Gasteiger partial charge in [-0.2, -0.15) is 0 Å². The SMILES string of the molecule is NCc1cn(CCC(N)=O)cn1. The first-order chi connectivity index (χ1) is 5.72. The van der Waals surface area contributed by atoms with Crippen molar-refractivity contribution in [3.8, 4) is 0 Å². The molecule has 5 heteroatoms. The summed E-state index contributed by atoms with van der Waals surface area (Å²) in [4.78, 5) is 14.4. The molecule has 1 rings (SSSR count). The highest BCUT2D eigenvalue weighted by atomic mass is 16.1. The Hall–Kier alpha value is -1.36. The quantitative estimate of drug-likeness (QED) is 0.618. The highest BCUT2D eigenvalue weighted by Gasteiger charge is 1.97. The van der Waals surface area contributed by atoms with E-state index in [1.54, 1.807) is 10.9 Å². The maximum Gasteiger partial charge on any atom is 0.219 e. The molecule has 0 radical (unpaired) electrons. The third kappa shape index (κ3) is 2.35. The molecule has 0 atom stereocenters. The van der Waals surface area contributed by atoms with Gasteiger partial charge in [0.05, 0.1) is 12.0 Å². The summed E-state index contributed by atoms with van der Waals surface area (Å²) >= 11 is 0. The Balaban J connectivity index is 2.47. The lowest BCUT2D eigenvalue weighted by molar-refractivity contribution is -0.118. The van der Waals surface area contributed by atoms with Crippen molar-refractivity contribution in [3.63, 3.8) is 0 Å². The minimum Gasteiger partial charge on any atom is -0.370 e. The maximum atomic E-state index is 10.4. The predicted molar refractivity (Wildman–Crippen MR) is 43.9 cm³/mol. The predicted octanol–water partition coefficient (Wildman–Crippen LogP) is -0.783. The Morgan fingerprint density at radius 2 is 2.42 bits per heavy atom. The first-order valence-corrected chi connectivity index (χ1v) is 3.71. The summed E-state index contributed by atoms with van der Waals surface area (Å²) in [5.74, 6) is -0.307. The van der Waals surface area contributed by atoms with Crippen LogP contribution in [0.1, 0.15) is 12.1 Å². The van der Waals surface area contributed by atoms with Crippen LogP contribution in [-0.4, -0.2) is 15.5 Å². The Bertz CT molecular complexity index is 268. The summed E-state index contributed by atoms with van der Waals surface area (Å²) in [5.41, 5.74) is 11.2. The average molecular weight is 168 g/mol. The molecule has 1 amide bonds. The van der Waals surface area contributed by atoms with Gasteiger partial charge >= 0.3 is 0 Å². The van der Waals surface area contributed by atoms with Crippen molar-refractivity contribution in [3.05, 3.63) is 18.2 Å². The smallest absolute Gasteiger partial charge is 0.219 e. The number of hydrogen-bond donors (Lipinski definition) is 2. The standard InChI is InChI=1S/C7H12N4O/c8-3-6-4-11(5-10-6)2-1-7(9)12/h4-5H,1-3,8H2,(H2,9,12). The molecule has 1 aromatic heterocycles. The van der Waals surface area contributed by atoms with Crippen LogP contribution >= 0.6 is 0 Å². The molecule has 0 aliphatic rings. The molecule has 0 fully saturated rings. The van der Waals surface area contributed by atoms with Crippen LogP contribution in [0, 0.1) is 0 Å². The second kappa shape index (κ2) is 3.87. The fourth-order valence-electron chi connectivity index (χ4n) is 0.873. The zero-order chi connectivity index (χ0) is 8.97. The second-order valence-corrected chi connectivity index (χ2v) is 2.52. The van der Waals surface area contributed by atoms with Crippen molar-refractivity contribution < 1.29 is 4.79 Å². The first-order valence-electron chi connectivity index (χ1n) is 3.71. The fourth-order valence-corrected chi connectivity index (χ4v) is 0.873. The number of aryl methyl sites for hydroxylation is 1. The van der Waals surface area contributed by atoms with E-state index in [9.17, 15) is 4.79 Å². The van der Waals surface area contributed by atoms with Gasteiger partial charge in [0, 0.05) is 25.7 Å². The molecule has 0 aromatic carbocycles. The Kier molecular flexibility index (Phi) is 2.82. The number of imidazole rings is 1. The molecule has 4 N–H and O–H groups in total. The van der Waals surface area contributed by atoms with E-state index >= 15 is 0 Å². The lowest BCUT2D eigenvalue weighted by atomic mass is 10.4. The molecule has 0 aliphatic carbocycles. The van der Waals surface area contributed by atoms with Gasteiger partial charge in [-0.25, -0.2) is 4.98 Å². The molecule has 0 aliphatic heterocycles. The Morgan fingerprint density at radius 1 is 1.67 bits per heavy atom. The van der Waals surface area contributed by atoms with E-state index in [4.69, 9.17) is 11.5 Å². The van der Waals surface area contributed by atoms with Crippen LogP contribution in [0.4, 0.5) is 0 Å². The minimum atomic E-state index is -0.307. The molecule has 0 unspecified atom stereocenters. The topological polar surface area (TPSA) is 86.9 Å². The number of nitrogens with zero attached hydrogens (tertiary/aromatic N) is 2. The summed E-state index contributed by atoms with van der Waals surface area (Å²) in [6, 6.07) is 0. The van der Waals surface area contributed by atoms with Gasteiger partial charge in [-0.15, -0.1) is 0 Å². The van der Waals surface area contributed by atoms with E-state index in [0.717, 1.165) is 5.69 Å². The lowest BCUT2D eigenvalue weighted by Gasteiger charge is -1.96. The van der Waals surface area contributed by atoms with Crippen LogP contribution in [0.25, 0.3) is 0 Å². The first kappa shape index (κ1) is 8.73. The third-order valence-electron chi connectivity index (χ3n) is 1.51. The number of aromatic nitrogens is 2.